The lowest BCUT2D eigenvalue weighted by atomic mass is 9.80. The zero-order chi connectivity index (χ0) is 19.2. The van der Waals surface area contributed by atoms with Crippen LogP contribution < -0.4 is 0 Å². The highest BCUT2D eigenvalue weighted by Gasteiger charge is 2.34. The Morgan fingerprint density at radius 3 is 1.60 bits per heavy atom. The van der Waals surface area contributed by atoms with Gasteiger partial charge in [0.1, 0.15) is 0 Å². The third-order valence-corrected chi connectivity index (χ3v) is 3.46. The van der Waals surface area contributed by atoms with Gasteiger partial charge in [0.05, 0.1) is 16.5 Å². The Morgan fingerprint density at radius 1 is 0.840 bits per heavy atom. The molecule has 1 unspecified atom stereocenters. The molecule has 1 atom stereocenters. The second-order valence-corrected chi connectivity index (χ2v) is 5.44. The van der Waals surface area contributed by atoms with E-state index in [1.807, 2.05) is 0 Å². The van der Waals surface area contributed by atoms with Gasteiger partial charge in [-0.1, -0.05) is 18.2 Å². The maximum absolute atomic E-state index is 10.8. The number of carbonyl (C=O) groups is 4. The van der Waals surface area contributed by atoms with Crippen LogP contribution >= 0.6 is 0 Å². The first-order chi connectivity index (χ1) is 11.6. The van der Waals surface area contributed by atoms with Gasteiger partial charge in [-0.05, 0) is 37.6 Å². The van der Waals surface area contributed by atoms with Crippen molar-refractivity contribution in [2.45, 2.75) is 13.3 Å². The van der Waals surface area contributed by atoms with E-state index in [0.717, 1.165) is 0 Å². The molecule has 0 saturated carbocycles. The van der Waals surface area contributed by atoms with Crippen LogP contribution in [0.15, 0.2) is 48.1 Å². The van der Waals surface area contributed by atoms with E-state index in [-0.39, 0.29) is 23.1 Å². The number of carboxylic acids is 4. The van der Waals surface area contributed by atoms with Crippen molar-refractivity contribution >= 4 is 23.9 Å². The van der Waals surface area contributed by atoms with E-state index in [9.17, 15) is 19.2 Å². The molecule has 0 spiro atoms. The van der Waals surface area contributed by atoms with E-state index < -0.39 is 29.3 Å². The fourth-order valence-electron chi connectivity index (χ4n) is 1.94. The molecule has 2 rings (SSSR count). The lowest BCUT2D eigenvalue weighted by molar-refractivity contribution is -0.145. The Balaban J connectivity index is 0.000000251. The van der Waals surface area contributed by atoms with E-state index >= 15 is 0 Å². The molecule has 1 aliphatic rings. The molecule has 8 nitrogen and oxygen atoms in total. The number of benzene rings is 1. The molecule has 25 heavy (non-hydrogen) atoms. The average Bonchev–Trinajstić information content (AvgIpc) is 2.55. The zero-order valence-corrected chi connectivity index (χ0v) is 13.2. The van der Waals surface area contributed by atoms with Gasteiger partial charge in [-0.3, -0.25) is 4.79 Å². The summed E-state index contributed by atoms with van der Waals surface area (Å²) in [5, 5.41) is 34.4. The van der Waals surface area contributed by atoms with Crippen LogP contribution in [0.2, 0.25) is 0 Å². The van der Waals surface area contributed by atoms with Gasteiger partial charge in [-0.15, -0.1) is 0 Å². The van der Waals surface area contributed by atoms with E-state index in [1.54, 1.807) is 0 Å². The predicted octanol–water partition coefficient (Wildman–Crippen LogP) is 2.13. The highest BCUT2D eigenvalue weighted by atomic mass is 16.4. The second-order valence-electron chi connectivity index (χ2n) is 5.44. The maximum Gasteiger partial charge on any atom is 0.335 e. The first-order valence-electron chi connectivity index (χ1n) is 6.98. The van der Waals surface area contributed by atoms with Crippen LogP contribution in [0.3, 0.4) is 0 Å². The number of carboxylic acid groups (broad SMARTS) is 4. The average molecular weight is 348 g/mol. The Hall–Kier alpha value is -3.42. The zero-order valence-electron chi connectivity index (χ0n) is 13.2. The van der Waals surface area contributed by atoms with Gasteiger partial charge in [0.25, 0.3) is 0 Å². The van der Waals surface area contributed by atoms with Gasteiger partial charge in [-0.25, -0.2) is 14.4 Å². The van der Waals surface area contributed by atoms with Crippen molar-refractivity contribution in [3.63, 3.8) is 0 Å². The van der Waals surface area contributed by atoms with Gasteiger partial charge in [-0.2, -0.15) is 0 Å². The number of aromatic carboxylic acids is 2. The molecule has 4 N–H and O–H groups in total. The molecule has 1 aromatic rings. The van der Waals surface area contributed by atoms with Crippen LogP contribution in [0, 0.1) is 5.41 Å². The lowest BCUT2D eigenvalue weighted by Gasteiger charge is -2.23. The van der Waals surface area contributed by atoms with Gasteiger partial charge in [0.15, 0.2) is 0 Å². The summed E-state index contributed by atoms with van der Waals surface area (Å²) in [6.45, 7) is 1.50. The molecule has 0 saturated heterocycles. The van der Waals surface area contributed by atoms with Crippen LogP contribution in [0.4, 0.5) is 0 Å². The summed E-state index contributed by atoms with van der Waals surface area (Å²) in [5.41, 5.74) is -0.782. The first-order valence-corrected chi connectivity index (χ1v) is 6.98. The lowest BCUT2D eigenvalue weighted by Crippen LogP contribution is -2.28. The summed E-state index contributed by atoms with van der Waals surface area (Å²) < 4.78 is 0. The van der Waals surface area contributed by atoms with Crippen molar-refractivity contribution in [3.8, 4) is 0 Å². The maximum atomic E-state index is 10.8. The minimum atomic E-state index is -1.08. The van der Waals surface area contributed by atoms with Crippen LogP contribution in [-0.4, -0.2) is 44.3 Å². The molecule has 0 bridgehead atoms. The van der Waals surface area contributed by atoms with Crippen LogP contribution in [0.25, 0.3) is 0 Å². The highest BCUT2D eigenvalue weighted by Crippen LogP contribution is 2.31. The molecule has 1 aromatic carbocycles. The Bertz CT molecular complexity index is 724. The Morgan fingerprint density at radius 2 is 1.28 bits per heavy atom. The van der Waals surface area contributed by atoms with Crippen molar-refractivity contribution in [2.75, 3.05) is 0 Å². The molecule has 132 valence electrons. The molecule has 1 aliphatic carbocycles. The summed E-state index contributed by atoms with van der Waals surface area (Å²) in [5.74, 6) is -4.19. The van der Waals surface area contributed by atoms with E-state index in [0.29, 0.717) is 0 Å². The number of aliphatic carboxylic acids is 2. The van der Waals surface area contributed by atoms with E-state index in [2.05, 4.69) is 0 Å². The molecule has 0 radical (unpaired) electrons. The van der Waals surface area contributed by atoms with Crippen molar-refractivity contribution in [1.82, 2.24) is 0 Å². The quantitative estimate of drug-likeness (QED) is 0.646. The first kappa shape index (κ1) is 19.6. The molecule has 0 fully saturated rings. The SMILES string of the molecule is CC1(C(=O)O)C=CC=C(C(=O)O)C1.O=C(O)c1ccc(C(=O)O)cc1. The van der Waals surface area contributed by atoms with Crippen LogP contribution in [0.1, 0.15) is 34.1 Å². The normalized spacial score (nSPS) is 18.4. The minimum Gasteiger partial charge on any atom is -0.481 e. The smallest absolute Gasteiger partial charge is 0.335 e. The molecule has 0 aromatic heterocycles. The number of hydrogen-bond acceptors (Lipinski definition) is 4. The largest absolute Gasteiger partial charge is 0.481 e. The predicted molar refractivity (Wildman–Crippen MR) is 85.6 cm³/mol. The van der Waals surface area contributed by atoms with Gasteiger partial charge >= 0.3 is 23.9 Å². The van der Waals surface area contributed by atoms with Crippen molar-refractivity contribution in [2.24, 2.45) is 5.41 Å². The monoisotopic (exact) mass is 348 g/mol. The molecule has 0 aliphatic heterocycles. The Kier molecular flexibility index (Phi) is 6.21. The molecule has 0 heterocycles. The summed E-state index contributed by atoms with van der Waals surface area (Å²) in [6.07, 6.45) is 4.43. The van der Waals surface area contributed by atoms with Crippen LogP contribution in [0.5, 0.6) is 0 Å². The van der Waals surface area contributed by atoms with E-state index in [1.165, 1.54) is 49.4 Å². The van der Waals surface area contributed by atoms with Crippen LogP contribution in [-0.2, 0) is 9.59 Å². The van der Waals surface area contributed by atoms with Crippen molar-refractivity contribution < 1.29 is 39.6 Å². The molecule has 8 heteroatoms. The third kappa shape index (κ3) is 5.31. The van der Waals surface area contributed by atoms with E-state index in [4.69, 9.17) is 20.4 Å². The fourth-order valence-corrected chi connectivity index (χ4v) is 1.94. The second kappa shape index (κ2) is 7.91. The van der Waals surface area contributed by atoms with Gasteiger partial charge in [0, 0.05) is 5.57 Å². The minimum absolute atomic E-state index is 0.0359. The van der Waals surface area contributed by atoms with Crippen molar-refractivity contribution in [3.05, 3.63) is 59.2 Å². The molecule has 0 amide bonds. The number of allylic oxidation sites excluding steroid dienone is 2. The number of hydrogen-bond donors (Lipinski definition) is 4. The Labute approximate surface area is 142 Å². The standard InChI is InChI=1S/C9H10O4.C8H6O4/c1-9(8(12)13)4-2-3-6(5-9)7(10)11;9-7(10)5-1-2-6(4-3-5)8(11)12/h2-4H,5H2,1H3,(H,10,11)(H,12,13);1-4H,(H,9,10)(H,11,12). The molecular formula is C17H16O8. The summed E-state index contributed by atoms with van der Waals surface area (Å²) in [6, 6.07) is 5.02. The molecular weight excluding hydrogens is 332 g/mol. The summed E-state index contributed by atoms with van der Waals surface area (Å²) in [4.78, 5) is 42.0. The third-order valence-electron chi connectivity index (χ3n) is 3.46. The topological polar surface area (TPSA) is 149 Å². The number of rotatable bonds is 4. The van der Waals surface area contributed by atoms with Gasteiger partial charge < -0.3 is 20.4 Å². The van der Waals surface area contributed by atoms with Gasteiger partial charge in [0.2, 0.25) is 0 Å². The van der Waals surface area contributed by atoms with Crippen molar-refractivity contribution in [1.29, 1.82) is 0 Å². The summed E-state index contributed by atoms with van der Waals surface area (Å²) >= 11 is 0. The fraction of sp³-hybridized carbons (Fsp3) is 0.176. The summed E-state index contributed by atoms with van der Waals surface area (Å²) in [7, 11) is 0. The highest BCUT2D eigenvalue weighted by molar-refractivity contribution is 5.91.